The van der Waals surface area contributed by atoms with Crippen LogP contribution >= 0.6 is 24.0 Å². The summed E-state index contributed by atoms with van der Waals surface area (Å²) >= 11 is 5.62. The van der Waals surface area contributed by atoms with Crippen LogP contribution in [-0.4, -0.2) is 16.7 Å². The van der Waals surface area contributed by atoms with Crippen LogP contribution in [-0.2, 0) is 5.75 Å². The van der Waals surface area contributed by atoms with Gasteiger partial charge in [0.25, 0.3) is 0 Å². The van der Waals surface area contributed by atoms with E-state index in [-0.39, 0.29) is 0 Å². The van der Waals surface area contributed by atoms with Crippen molar-refractivity contribution in [2.75, 3.05) is 11.9 Å². The molecule has 1 rings (SSSR count). The van der Waals surface area contributed by atoms with Crippen molar-refractivity contribution in [2.24, 2.45) is 0 Å². The van der Waals surface area contributed by atoms with Crippen LogP contribution in [0, 0.1) is 0 Å². The molecule has 0 unspecified atom stereocenters. The monoisotopic (exact) mass is 175 g/mol. The summed E-state index contributed by atoms with van der Waals surface area (Å²) in [5.41, 5.74) is 0. The van der Waals surface area contributed by atoms with Gasteiger partial charge in [0.1, 0.15) is 5.01 Å². The largest absolute Gasteiger partial charge is 0.360 e. The predicted molar refractivity (Wildman–Crippen MR) is 46.8 cm³/mol. The molecule has 1 aromatic heterocycles. The fraction of sp³-hybridized carbons (Fsp3) is 0.600. The smallest absolute Gasteiger partial charge is 0.205 e. The molecule has 3 nitrogen and oxygen atoms in total. The summed E-state index contributed by atoms with van der Waals surface area (Å²) in [6.45, 7) is 2.92. The fourth-order valence-corrected chi connectivity index (χ4v) is 1.46. The molecule has 0 aliphatic heterocycles. The van der Waals surface area contributed by atoms with Gasteiger partial charge in [-0.15, -0.1) is 10.2 Å². The molecule has 0 aromatic carbocycles. The molecule has 0 aliphatic rings. The van der Waals surface area contributed by atoms with Gasteiger partial charge in [-0.1, -0.05) is 11.3 Å². The standard InChI is InChI=1S/C5H9N3S2/c1-2-6-5-8-7-4(3-9)10-5/h9H,2-3H2,1H3,(H,6,8). The molecule has 0 saturated heterocycles. The van der Waals surface area contributed by atoms with Crippen molar-refractivity contribution in [3.8, 4) is 0 Å². The van der Waals surface area contributed by atoms with Crippen LogP contribution in [0.5, 0.6) is 0 Å². The van der Waals surface area contributed by atoms with E-state index in [4.69, 9.17) is 0 Å². The quantitative estimate of drug-likeness (QED) is 0.682. The first-order valence-corrected chi connectivity index (χ1v) is 4.48. The van der Waals surface area contributed by atoms with Gasteiger partial charge in [0.2, 0.25) is 5.13 Å². The number of anilines is 1. The Bertz CT molecular complexity index is 199. The van der Waals surface area contributed by atoms with Crippen LogP contribution in [0.25, 0.3) is 0 Å². The molecular formula is C5H9N3S2. The van der Waals surface area contributed by atoms with Crippen LogP contribution in [0.3, 0.4) is 0 Å². The molecule has 0 aliphatic carbocycles. The van der Waals surface area contributed by atoms with Crippen molar-refractivity contribution < 1.29 is 0 Å². The number of nitrogens with zero attached hydrogens (tertiary/aromatic N) is 2. The van der Waals surface area contributed by atoms with E-state index in [1.165, 1.54) is 0 Å². The first-order valence-electron chi connectivity index (χ1n) is 3.04. The zero-order valence-electron chi connectivity index (χ0n) is 5.66. The topological polar surface area (TPSA) is 37.8 Å². The number of thiol groups is 1. The van der Waals surface area contributed by atoms with Crippen molar-refractivity contribution in [1.82, 2.24) is 10.2 Å². The summed E-state index contributed by atoms with van der Waals surface area (Å²) in [4.78, 5) is 0. The second kappa shape index (κ2) is 3.78. The first-order chi connectivity index (χ1) is 4.86. The van der Waals surface area contributed by atoms with E-state index in [2.05, 4.69) is 28.1 Å². The van der Waals surface area contributed by atoms with E-state index in [9.17, 15) is 0 Å². The van der Waals surface area contributed by atoms with Crippen molar-refractivity contribution >= 4 is 29.1 Å². The average molecular weight is 175 g/mol. The molecule has 0 amide bonds. The van der Waals surface area contributed by atoms with E-state index in [0.717, 1.165) is 16.7 Å². The molecule has 0 spiro atoms. The Morgan fingerprint density at radius 1 is 1.60 bits per heavy atom. The third-order valence-corrected chi connectivity index (χ3v) is 2.32. The SMILES string of the molecule is CCNc1nnc(CS)s1. The lowest BCUT2D eigenvalue weighted by molar-refractivity contribution is 1.03. The molecule has 0 saturated carbocycles. The molecule has 0 fully saturated rings. The van der Waals surface area contributed by atoms with E-state index < -0.39 is 0 Å². The molecule has 0 atom stereocenters. The Morgan fingerprint density at radius 2 is 2.40 bits per heavy atom. The lowest BCUT2D eigenvalue weighted by Gasteiger charge is -1.90. The van der Waals surface area contributed by atoms with Gasteiger partial charge in [0, 0.05) is 12.3 Å². The summed E-state index contributed by atoms with van der Waals surface area (Å²) in [6, 6.07) is 0. The second-order valence-corrected chi connectivity index (χ2v) is 3.07. The highest BCUT2D eigenvalue weighted by atomic mass is 32.1. The number of aromatic nitrogens is 2. The Morgan fingerprint density at radius 3 is 2.90 bits per heavy atom. The predicted octanol–water partition coefficient (Wildman–Crippen LogP) is 1.40. The summed E-state index contributed by atoms with van der Waals surface area (Å²) in [5.74, 6) is 0.670. The van der Waals surface area contributed by atoms with Gasteiger partial charge in [-0.05, 0) is 6.92 Å². The number of hydrogen-bond donors (Lipinski definition) is 2. The molecular weight excluding hydrogens is 166 g/mol. The second-order valence-electron chi connectivity index (χ2n) is 1.69. The van der Waals surface area contributed by atoms with Crippen molar-refractivity contribution in [2.45, 2.75) is 12.7 Å². The minimum absolute atomic E-state index is 0.670. The lowest BCUT2D eigenvalue weighted by Crippen LogP contribution is -1.94. The fourth-order valence-electron chi connectivity index (χ4n) is 0.540. The summed E-state index contributed by atoms with van der Waals surface area (Å²) in [6.07, 6.45) is 0. The molecule has 1 aromatic rings. The van der Waals surface area contributed by atoms with Gasteiger partial charge in [-0.25, -0.2) is 0 Å². The molecule has 0 radical (unpaired) electrons. The Labute approximate surface area is 69.3 Å². The van der Waals surface area contributed by atoms with E-state index in [1.807, 2.05) is 6.92 Å². The molecule has 1 heterocycles. The zero-order chi connectivity index (χ0) is 7.40. The van der Waals surface area contributed by atoms with E-state index >= 15 is 0 Å². The van der Waals surface area contributed by atoms with Crippen molar-refractivity contribution in [3.63, 3.8) is 0 Å². The van der Waals surface area contributed by atoms with Crippen LogP contribution in [0.2, 0.25) is 0 Å². The lowest BCUT2D eigenvalue weighted by atomic mass is 10.8. The normalized spacial score (nSPS) is 9.80. The van der Waals surface area contributed by atoms with Gasteiger partial charge in [-0.2, -0.15) is 12.6 Å². The number of hydrogen-bond acceptors (Lipinski definition) is 5. The summed E-state index contributed by atoms with van der Waals surface area (Å²) in [5, 5.41) is 12.7. The maximum atomic E-state index is 4.07. The summed E-state index contributed by atoms with van der Waals surface area (Å²) < 4.78 is 0. The molecule has 56 valence electrons. The third kappa shape index (κ3) is 1.85. The first kappa shape index (κ1) is 7.81. The minimum atomic E-state index is 0.670. The molecule has 5 heteroatoms. The highest BCUT2D eigenvalue weighted by Crippen LogP contribution is 2.15. The molecule has 10 heavy (non-hydrogen) atoms. The van der Waals surface area contributed by atoms with Crippen LogP contribution in [0.1, 0.15) is 11.9 Å². The van der Waals surface area contributed by atoms with Gasteiger partial charge < -0.3 is 5.32 Å². The van der Waals surface area contributed by atoms with Crippen molar-refractivity contribution in [3.05, 3.63) is 5.01 Å². The molecule has 1 N–H and O–H groups in total. The zero-order valence-corrected chi connectivity index (χ0v) is 7.38. The minimum Gasteiger partial charge on any atom is -0.360 e. The maximum absolute atomic E-state index is 4.07. The van der Waals surface area contributed by atoms with Gasteiger partial charge in [0.15, 0.2) is 0 Å². The number of rotatable bonds is 3. The van der Waals surface area contributed by atoms with Gasteiger partial charge in [-0.3, -0.25) is 0 Å². The summed E-state index contributed by atoms with van der Waals surface area (Å²) in [7, 11) is 0. The Kier molecular flexibility index (Phi) is 2.95. The third-order valence-electron chi connectivity index (χ3n) is 0.930. The highest BCUT2D eigenvalue weighted by molar-refractivity contribution is 7.79. The maximum Gasteiger partial charge on any atom is 0.205 e. The van der Waals surface area contributed by atoms with E-state index in [1.54, 1.807) is 11.3 Å². The van der Waals surface area contributed by atoms with Crippen LogP contribution in [0.4, 0.5) is 5.13 Å². The van der Waals surface area contributed by atoms with Gasteiger partial charge >= 0.3 is 0 Å². The number of nitrogens with one attached hydrogen (secondary N) is 1. The van der Waals surface area contributed by atoms with Gasteiger partial charge in [0.05, 0.1) is 0 Å². The average Bonchev–Trinajstić information content (AvgIpc) is 2.37. The van der Waals surface area contributed by atoms with E-state index in [0.29, 0.717) is 5.75 Å². The highest BCUT2D eigenvalue weighted by Gasteiger charge is 1.98. The van der Waals surface area contributed by atoms with Crippen molar-refractivity contribution in [1.29, 1.82) is 0 Å². The Balaban J connectivity index is 2.59. The molecule has 0 bridgehead atoms. The van der Waals surface area contributed by atoms with Crippen LogP contribution < -0.4 is 5.32 Å². The Hall–Kier alpha value is -0.290. The van der Waals surface area contributed by atoms with Crippen LogP contribution in [0.15, 0.2) is 0 Å².